The molecule has 2 amide bonds. The number of carbonyl (C=O) groups excluding carboxylic acids is 2. The lowest BCUT2D eigenvalue weighted by atomic mass is 9.72. The summed E-state index contributed by atoms with van der Waals surface area (Å²) in [5.74, 6) is 1.09. The molecule has 1 aromatic heterocycles. The number of amides is 2. The van der Waals surface area contributed by atoms with Crippen molar-refractivity contribution in [2.45, 2.75) is 104 Å². The highest BCUT2D eigenvalue weighted by Crippen LogP contribution is 2.45. The number of carbonyl (C=O) groups is 2. The van der Waals surface area contributed by atoms with Gasteiger partial charge >= 0.3 is 6.09 Å². The summed E-state index contributed by atoms with van der Waals surface area (Å²) in [6.45, 7) is 18.0. The number of halogens is 1. The van der Waals surface area contributed by atoms with Gasteiger partial charge in [-0.3, -0.25) is 4.79 Å². The van der Waals surface area contributed by atoms with Crippen LogP contribution in [0.4, 0.5) is 15.0 Å². The summed E-state index contributed by atoms with van der Waals surface area (Å²) in [6, 6.07) is 3.86. The molecule has 56 heavy (non-hydrogen) atoms. The van der Waals surface area contributed by atoms with Crippen LogP contribution in [0.15, 0.2) is 30.7 Å². The van der Waals surface area contributed by atoms with Gasteiger partial charge in [0.2, 0.25) is 0 Å². The smallest absolute Gasteiger partial charge is 0.405 e. The maximum absolute atomic E-state index is 14.4. The first kappa shape index (κ1) is 42.0. The lowest BCUT2D eigenvalue weighted by Crippen LogP contribution is -2.61. The summed E-state index contributed by atoms with van der Waals surface area (Å²) in [7, 11) is -3.57. The van der Waals surface area contributed by atoms with Crippen LogP contribution < -0.4 is 15.4 Å². The summed E-state index contributed by atoms with van der Waals surface area (Å²) in [6.07, 6.45) is 8.33. The van der Waals surface area contributed by atoms with Crippen LogP contribution in [0.3, 0.4) is 0 Å². The molecule has 14 nitrogen and oxygen atoms in total. The van der Waals surface area contributed by atoms with E-state index in [2.05, 4.69) is 19.8 Å². The van der Waals surface area contributed by atoms with Crippen molar-refractivity contribution >= 4 is 28.0 Å². The van der Waals surface area contributed by atoms with E-state index in [-0.39, 0.29) is 40.6 Å². The molecule has 0 saturated carbocycles. The molecule has 4 aliphatic heterocycles. The minimum absolute atomic E-state index is 0.0771. The van der Waals surface area contributed by atoms with Crippen LogP contribution in [0, 0.1) is 23.1 Å². The number of hydrogen-bond acceptors (Lipinski definition) is 10. The fourth-order valence-electron chi connectivity index (χ4n) is 9.40. The Labute approximate surface area is 332 Å². The van der Waals surface area contributed by atoms with E-state index in [0.29, 0.717) is 50.1 Å². The van der Waals surface area contributed by atoms with Crippen molar-refractivity contribution < 1.29 is 31.9 Å². The maximum atomic E-state index is 14.4. The second kappa shape index (κ2) is 17.1. The van der Waals surface area contributed by atoms with Crippen LogP contribution in [0.5, 0.6) is 11.5 Å². The lowest BCUT2D eigenvalue weighted by molar-refractivity contribution is 0.0194. The Morgan fingerprint density at radius 3 is 2.30 bits per heavy atom. The average Bonchev–Trinajstić information content (AvgIpc) is 3.11. The Morgan fingerprint density at radius 1 is 0.982 bits per heavy atom. The number of rotatable bonds is 13. The standard InChI is InChI=1S/C40H61FN8O6S/c1-28(2)49(29(3)4)37(50)33-20-32(41)9-10-34(33)54-35-22-43-27-44-36(35)46-25-40(26-46)13-18-45(19-14-40)23-30-11-16-47(17-12-30)56(52,53)48-15-7-8-31(24-48)21-39(5,6)55-38(42)51/h9-10,20,22,27-31H,7-8,11-19,21,23-26H2,1-6H3,(H2,42,51)/t31-/m1/s1. The van der Waals surface area contributed by atoms with Gasteiger partial charge in [-0.05, 0) is 130 Å². The summed E-state index contributed by atoms with van der Waals surface area (Å²) in [5.41, 5.74) is 4.84. The molecule has 1 atom stereocenters. The SMILES string of the molecule is CC(C)N(C(=O)c1cc(F)ccc1Oc1cncnc1N1CC2(CCN(CC3CCN(S(=O)(=O)N4CCC[C@H](CC(C)(C)OC(N)=O)C4)CC3)CC2)C1)C(C)C. The topological polar surface area (TPSA) is 155 Å². The number of primary amides is 1. The number of nitrogens with two attached hydrogens (primary N) is 1. The minimum atomic E-state index is -3.57. The molecule has 4 saturated heterocycles. The van der Waals surface area contributed by atoms with Crippen molar-refractivity contribution in [1.29, 1.82) is 0 Å². The van der Waals surface area contributed by atoms with Gasteiger partial charge < -0.3 is 29.9 Å². The number of likely N-dealkylation sites (tertiary alicyclic amines) is 1. The van der Waals surface area contributed by atoms with E-state index < -0.39 is 27.7 Å². The number of ether oxygens (including phenoxy) is 2. The van der Waals surface area contributed by atoms with E-state index in [1.54, 1.807) is 19.7 Å². The Hall–Kier alpha value is -3.60. The zero-order chi connectivity index (χ0) is 40.4. The van der Waals surface area contributed by atoms with Crippen LogP contribution in [-0.4, -0.2) is 125 Å². The molecular formula is C40H61FN8O6S. The molecular weight excluding hydrogens is 740 g/mol. The third-order valence-electron chi connectivity index (χ3n) is 12.0. The molecule has 4 aliphatic rings. The van der Waals surface area contributed by atoms with Gasteiger partial charge in [0, 0.05) is 63.3 Å². The molecule has 4 fully saturated rings. The quantitative estimate of drug-likeness (QED) is 0.275. The molecule has 0 bridgehead atoms. The predicted octanol–water partition coefficient (Wildman–Crippen LogP) is 5.50. The van der Waals surface area contributed by atoms with Crippen molar-refractivity contribution in [2.75, 3.05) is 63.8 Å². The molecule has 0 aliphatic carbocycles. The molecule has 1 spiro atoms. The van der Waals surface area contributed by atoms with E-state index in [9.17, 15) is 22.4 Å². The van der Waals surface area contributed by atoms with E-state index in [1.165, 1.54) is 24.5 Å². The Kier molecular flexibility index (Phi) is 12.8. The first-order valence-corrected chi connectivity index (χ1v) is 21.7. The number of piperidine rings is 3. The van der Waals surface area contributed by atoms with Gasteiger partial charge in [-0.2, -0.15) is 17.0 Å². The van der Waals surface area contributed by atoms with Crippen LogP contribution in [0.2, 0.25) is 0 Å². The van der Waals surface area contributed by atoms with Crippen LogP contribution in [0.25, 0.3) is 0 Å². The van der Waals surface area contributed by atoms with E-state index in [0.717, 1.165) is 71.2 Å². The van der Waals surface area contributed by atoms with Crippen molar-refractivity contribution in [3.63, 3.8) is 0 Å². The van der Waals surface area contributed by atoms with Crippen molar-refractivity contribution in [1.82, 2.24) is 28.4 Å². The highest BCUT2D eigenvalue weighted by atomic mass is 32.2. The third-order valence-corrected chi connectivity index (χ3v) is 14.1. The number of anilines is 1. The molecule has 310 valence electrons. The molecule has 5 heterocycles. The van der Waals surface area contributed by atoms with Crippen molar-refractivity contribution in [2.24, 2.45) is 23.0 Å². The Morgan fingerprint density at radius 2 is 1.66 bits per heavy atom. The van der Waals surface area contributed by atoms with Crippen molar-refractivity contribution in [3.05, 3.63) is 42.1 Å². The number of nitrogens with zero attached hydrogens (tertiary/aromatic N) is 7. The van der Waals surface area contributed by atoms with E-state index in [1.807, 2.05) is 41.5 Å². The first-order valence-electron chi connectivity index (χ1n) is 20.3. The van der Waals surface area contributed by atoms with E-state index in [4.69, 9.17) is 15.2 Å². The Bertz CT molecular complexity index is 1800. The minimum Gasteiger partial charge on any atom is -0.451 e. The van der Waals surface area contributed by atoms with Crippen LogP contribution in [0.1, 0.15) is 96.8 Å². The van der Waals surface area contributed by atoms with Crippen LogP contribution >= 0.6 is 0 Å². The molecule has 0 unspecified atom stereocenters. The maximum Gasteiger partial charge on any atom is 0.405 e. The molecule has 6 rings (SSSR count). The summed E-state index contributed by atoms with van der Waals surface area (Å²) in [4.78, 5) is 40.2. The van der Waals surface area contributed by atoms with Gasteiger partial charge in [-0.1, -0.05) is 0 Å². The second-order valence-corrected chi connectivity index (χ2v) is 19.5. The second-order valence-electron chi connectivity index (χ2n) is 17.6. The normalized spacial score (nSPS) is 21.7. The largest absolute Gasteiger partial charge is 0.451 e. The third kappa shape index (κ3) is 9.74. The lowest BCUT2D eigenvalue weighted by Gasteiger charge is -2.54. The van der Waals surface area contributed by atoms with Gasteiger partial charge in [-0.25, -0.2) is 19.2 Å². The van der Waals surface area contributed by atoms with Gasteiger partial charge in [-0.15, -0.1) is 0 Å². The molecule has 2 N–H and O–H groups in total. The summed E-state index contributed by atoms with van der Waals surface area (Å²) >= 11 is 0. The van der Waals surface area contributed by atoms with Gasteiger partial charge in [0.1, 0.15) is 23.5 Å². The number of aromatic nitrogens is 2. The highest BCUT2D eigenvalue weighted by molar-refractivity contribution is 7.86. The predicted molar refractivity (Wildman–Crippen MR) is 212 cm³/mol. The number of benzene rings is 1. The fourth-order valence-corrected chi connectivity index (χ4v) is 11.2. The average molecular weight is 801 g/mol. The highest BCUT2D eigenvalue weighted by Gasteiger charge is 2.46. The van der Waals surface area contributed by atoms with E-state index >= 15 is 0 Å². The fraction of sp³-hybridized carbons (Fsp3) is 0.700. The van der Waals surface area contributed by atoms with Crippen molar-refractivity contribution in [3.8, 4) is 11.5 Å². The molecule has 16 heteroatoms. The summed E-state index contributed by atoms with van der Waals surface area (Å²) in [5, 5.41) is 0. The monoisotopic (exact) mass is 800 g/mol. The zero-order valence-electron chi connectivity index (χ0n) is 34.0. The van der Waals surface area contributed by atoms with Crippen LogP contribution in [-0.2, 0) is 14.9 Å². The van der Waals surface area contributed by atoms with Gasteiger partial charge in [0.15, 0.2) is 11.6 Å². The zero-order valence-corrected chi connectivity index (χ0v) is 34.8. The molecule has 1 aromatic carbocycles. The molecule has 2 aromatic rings. The van der Waals surface area contributed by atoms with Gasteiger partial charge in [0.05, 0.1) is 11.8 Å². The first-order chi connectivity index (χ1) is 26.4. The summed E-state index contributed by atoms with van der Waals surface area (Å²) < 4.78 is 56.7. The Balaban J connectivity index is 0.981. The number of hydrogen-bond donors (Lipinski definition) is 1. The van der Waals surface area contributed by atoms with Gasteiger partial charge in [0.25, 0.3) is 16.1 Å². The molecule has 0 radical (unpaired) electrons.